The molecule has 2 amide bonds. The van der Waals surface area contributed by atoms with Gasteiger partial charge in [0.1, 0.15) is 11.9 Å². The summed E-state index contributed by atoms with van der Waals surface area (Å²) in [6, 6.07) is 3.27. The molecule has 0 fully saturated rings. The number of amides is 2. The second-order valence-corrected chi connectivity index (χ2v) is 5.21. The number of carbonyl (C=O) groups is 2. The zero-order chi connectivity index (χ0) is 13.9. The number of hydrogen-bond acceptors (Lipinski definition) is 2. The number of halogens is 2. The fourth-order valence-corrected chi connectivity index (χ4v) is 2.12. The highest BCUT2D eigenvalue weighted by atomic mass is 127. The number of carbonyl (C=O) groups excluding carboxylic acids is 2. The minimum Gasteiger partial charge on any atom is -0.347 e. The fourth-order valence-electron chi connectivity index (χ4n) is 1.40. The molecule has 0 aliphatic rings. The topological polar surface area (TPSA) is 49.4 Å². The van der Waals surface area contributed by atoms with Crippen molar-refractivity contribution in [2.45, 2.75) is 13.0 Å². The van der Waals surface area contributed by atoms with Crippen molar-refractivity contribution in [2.75, 3.05) is 14.1 Å². The van der Waals surface area contributed by atoms with Crippen LogP contribution in [0.4, 0.5) is 4.39 Å². The maximum absolute atomic E-state index is 12.9. The molecule has 0 spiro atoms. The third-order valence-electron chi connectivity index (χ3n) is 2.33. The Morgan fingerprint density at radius 3 is 2.50 bits per heavy atom. The van der Waals surface area contributed by atoms with Crippen LogP contribution in [0.1, 0.15) is 17.3 Å². The molecule has 6 heteroatoms. The molecule has 4 nitrogen and oxygen atoms in total. The third kappa shape index (κ3) is 3.66. The predicted molar refractivity (Wildman–Crippen MR) is 74.7 cm³/mol. The highest BCUT2D eigenvalue weighted by Gasteiger charge is 2.19. The summed E-state index contributed by atoms with van der Waals surface area (Å²) in [7, 11) is 3.24. The molecule has 0 heterocycles. The number of benzene rings is 1. The monoisotopic (exact) mass is 364 g/mol. The van der Waals surface area contributed by atoms with E-state index in [4.69, 9.17) is 0 Å². The molecule has 0 saturated heterocycles. The van der Waals surface area contributed by atoms with Gasteiger partial charge in [-0.05, 0) is 47.7 Å². The molecule has 0 bridgehead atoms. The lowest BCUT2D eigenvalue weighted by molar-refractivity contribution is -0.130. The van der Waals surface area contributed by atoms with E-state index >= 15 is 0 Å². The van der Waals surface area contributed by atoms with Gasteiger partial charge in [-0.2, -0.15) is 0 Å². The van der Waals surface area contributed by atoms with Crippen molar-refractivity contribution in [1.29, 1.82) is 0 Å². The smallest absolute Gasteiger partial charge is 0.252 e. The molecule has 0 aliphatic heterocycles. The lowest BCUT2D eigenvalue weighted by Gasteiger charge is -2.18. The zero-order valence-electron chi connectivity index (χ0n) is 10.3. The van der Waals surface area contributed by atoms with E-state index in [1.54, 1.807) is 21.0 Å². The maximum Gasteiger partial charge on any atom is 0.252 e. The summed E-state index contributed by atoms with van der Waals surface area (Å²) in [5, 5.41) is 2.58. The SMILES string of the molecule is C[C@H](NC(=O)c1ccc(F)cc1I)C(=O)N(C)C. The molecule has 1 aromatic carbocycles. The second-order valence-electron chi connectivity index (χ2n) is 4.05. The lowest BCUT2D eigenvalue weighted by Crippen LogP contribution is -2.44. The Morgan fingerprint density at radius 2 is 2.00 bits per heavy atom. The van der Waals surface area contributed by atoms with Crippen LogP contribution in [0.2, 0.25) is 0 Å². The average Bonchev–Trinajstić information content (AvgIpc) is 2.27. The fraction of sp³-hybridized carbons (Fsp3) is 0.333. The van der Waals surface area contributed by atoms with Crippen LogP contribution in [0, 0.1) is 9.39 Å². The molecule has 1 atom stereocenters. The van der Waals surface area contributed by atoms with E-state index in [2.05, 4.69) is 5.32 Å². The summed E-state index contributed by atoms with van der Waals surface area (Å²) in [4.78, 5) is 24.9. The minimum absolute atomic E-state index is 0.194. The van der Waals surface area contributed by atoms with Crippen molar-refractivity contribution in [3.8, 4) is 0 Å². The van der Waals surface area contributed by atoms with Gasteiger partial charge in [0, 0.05) is 17.7 Å². The molecule has 0 aromatic heterocycles. The van der Waals surface area contributed by atoms with Gasteiger partial charge >= 0.3 is 0 Å². The lowest BCUT2D eigenvalue weighted by atomic mass is 10.2. The van der Waals surface area contributed by atoms with Crippen molar-refractivity contribution < 1.29 is 14.0 Å². The second kappa shape index (κ2) is 6.12. The normalized spacial score (nSPS) is 11.8. The largest absolute Gasteiger partial charge is 0.347 e. The Morgan fingerprint density at radius 1 is 1.39 bits per heavy atom. The molecule has 1 aromatic rings. The third-order valence-corrected chi connectivity index (χ3v) is 3.23. The van der Waals surface area contributed by atoms with Crippen molar-refractivity contribution in [3.05, 3.63) is 33.1 Å². The zero-order valence-corrected chi connectivity index (χ0v) is 12.5. The standard InChI is InChI=1S/C12H14FIN2O2/c1-7(12(18)16(2)3)15-11(17)9-5-4-8(13)6-10(9)14/h4-7H,1-3H3,(H,15,17)/t7-/m0/s1. The van der Waals surface area contributed by atoms with Gasteiger partial charge in [0.25, 0.3) is 5.91 Å². The molecule has 1 N–H and O–H groups in total. The Kier molecular flexibility index (Phi) is 5.06. The first kappa shape index (κ1) is 14.9. The quantitative estimate of drug-likeness (QED) is 0.830. The number of likely N-dealkylation sites (N-methyl/N-ethyl adjacent to an activating group) is 1. The first-order valence-electron chi connectivity index (χ1n) is 5.30. The van der Waals surface area contributed by atoms with E-state index in [0.29, 0.717) is 9.13 Å². The summed E-state index contributed by atoms with van der Waals surface area (Å²) in [6.07, 6.45) is 0. The summed E-state index contributed by atoms with van der Waals surface area (Å²) < 4.78 is 13.4. The van der Waals surface area contributed by atoms with Crippen LogP contribution in [-0.4, -0.2) is 36.9 Å². The molecule has 0 unspecified atom stereocenters. The van der Waals surface area contributed by atoms with Crippen LogP contribution in [0.3, 0.4) is 0 Å². The van der Waals surface area contributed by atoms with Crippen LogP contribution in [0.5, 0.6) is 0 Å². The maximum atomic E-state index is 12.9. The molecule has 0 radical (unpaired) electrons. The molecule has 98 valence electrons. The van der Waals surface area contributed by atoms with Crippen LogP contribution in [-0.2, 0) is 4.79 Å². The highest BCUT2D eigenvalue weighted by Crippen LogP contribution is 2.14. The molecule has 1 rings (SSSR count). The Bertz CT molecular complexity index is 477. The van der Waals surface area contributed by atoms with E-state index in [1.165, 1.54) is 23.1 Å². The predicted octanol–water partition coefficient (Wildman–Crippen LogP) is 1.64. The number of nitrogens with one attached hydrogen (secondary N) is 1. The molecule has 0 aliphatic carbocycles. The van der Waals surface area contributed by atoms with Gasteiger partial charge in [0.05, 0.1) is 5.56 Å². The van der Waals surface area contributed by atoms with Gasteiger partial charge in [0.15, 0.2) is 0 Å². The van der Waals surface area contributed by atoms with Crippen molar-refractivity contribution in [3.63, 3.8) is 0 Å². The Balaban J connectivity index is 2.80. The molecular formula is C12H14FIN2O2. The summed E-state index contributed by atoms with van der Waals surface area (Å²) in [5.41, 5.74) is 0.357. The minimum atomic E-state index is -0.617. The van der Waals surface area contributed by atoms with Crippen LogP contribution in [0.15, 0.2) is 18.2 Å². The first-order chi connectivity index (χ1) is 8.32. The Labute approximate surface area is 119 Å². The number of hydrogen-bond donors (Lipinski definition) is 1. The Hall–Kier alpha value is -1.18. The van der Waals surface area contributed by atoms with Gasteiger partial charge in [-0.15, -0.1) is 0 Å². The van der Waals surface area contributed by atoms with Gasteiger partial charge in [-0.25, -0.2) is 4.39 Å². The van der Waals surface area contributed by atoms with Crippen LogP contribution < -0.4 is 5.32 Å². The first-order valence-corrected chi connectivity index (χ1v) is 6.38. The van der Waals surface area contributed by atoms with Crippen molar-refractivity contribution in [2.24, 2.45) is 0 Å². The number of nitrogens with zero attached hydrogens (tertiary/aromatic N) is 1. The van der Waals surface area contributed by atoms with Crippen molar-refractivity contribution >= 4 is 34.4 Å². The number of rotatable bonds is 3. The molecule has 18 heavy (non-hydrogen) atoms. The summed E-state index contributed by atoms with van der Waals surface area (Å²) in [6.45, 7) is 1.61. The summed E-state index contributed by atoms with van der Waals surface area (Å²) >= 11 is 1.88. The van der Waals surface area contributed by atoms with E-state index in [0.717, 1.165) is 0 Å². The van der Waals surface area contributed by atoms with E-state index in [9.17, 15) is 14.0 Å². The summed E-state index contributed by atoms with van der Waals surface area (Å²) in [5.74, 6) is -0.976. The van der Waals surface area contributed by atoms with Gasteiger partial charge in [0.2, 0.25) is 5.91 Å². The van der Waals surface area contributed by atoms with Gasteiger partial charge in [-0.3, -0.25) is 9.59 Å². The highest BCUT2D eigenvalue weighted by molar-refractivity contribution is 14.1. The van der Waals surface area contributed by atoms with Gasteiger partial charge < -0.3 is 10.2 Å². The van der Waals surface area contributed by atoms with Crippen LogP contribution in [0.25, 0.3) is 0 Å². The molecule has 0 saturated carbocycles. The van der Waals surface area contributed by atoms with Crippen molar-refractivity contribution in [1.82, 2.24) is 10.2 Å². The van der Waals surface area contributed by atoms with E-state index in [-0.39, 0.29) is 11.8 Å². The van der Waals surface area contributed by atoms with E-state index < -0.39 is 11.9 Å². The van der Waals surface area contributed by atoms with Crippen LogP contribution >= 0.6 is 22.6 Å². The van der Waals surface area contributed by atoms with Gasteiger partial charge in [-0.1, -0.05) is 0 Å². The molecular weight excluding hydrogens is 350 g/mol. The van der Waals surface area contributed by atoms with E-state index in [1.807, 2.05) is 22.6 Å². The average molecular weight is 364 g/mol.